The molecule has 0 aromatic heterocycles. The molecule has 0 aromatic rings. The monoisotopic (exact) mass is 118 g/mol. The summed E-state index contributed by atoms with van der Waals surface area (Å²) in [5.41, 5.74) is 0. The molecule has 0 spiro atoms. The number of nitrogens with zero attached hydrogens (tertiary/aromatic N) is 2. The van der Waals surface area contributed by atoms with Crippen molar-refractivity contribution in [2.45, 2.75) is 6.42 Å². The first kappa shape index (κ1) is 5.85. The van der Waals surface area contributed by atoms with E-state index in [0.717, 1.165) is 6.42 Å². The van der Waals surface area contributed by atoms with Crippen LogP contribution in [0.2, 0.25) is 0 Å². The summed E-state index contributed by atoms with van der Waals surface area (Å²) in [5, 5.41) is 16.7. The average Bonchev–Trinajstić information content (AvgIpc) is 1.78. The first-order valence-electron chi connectivity index (χ1n) is 2.84. The van der Waals surface area contributed by atoms with E-state index in [1.54, 1.807) is 0 Å². The highest BCUT2D eigenvalue weighted by Gasteiger charge is 2.21. The normalized spacial score (nSPS) is 22.3. The summed E-state index contributed by atoms with van der Waals surface area (Å²) in [4.78, 5) is 0. The first-order chi connectivity index (χ1) is 4.38. The van der Waals surface area contributed by atoms with Gasteiger partial charge in [-0.3, -0.25) is 0 Å². The Hall–Kier alpha value is -1.28. The van der Waals surface area contributed by atoms with E-state index in [0.29, 0.717) is 0 Å². The van der Waals surface area contributed by atoms with Crippen molar-refractivity contribution >= 4 is 0 Å². The predicted molar refractivity (Wildman–Crippen MR) is 32.0 cm³/mol. The second kappa shape index (κ2) is 2.33. The highest BCUT2D eigenvalue weighted by atomic mass is 14.4. The topological polar surface area (TPSA) is 47.6 Å². The SMILES string of the molecule is N#CC(C#N)C1C=CC1. The van der Waals surface area contributed by atoms with Gasteiger partial charge in [0, 0.05) is 5.92 Å². The van der Waals surface area contributed by atoms with E-state index in [-0.39, 0.29) is 5.92 Å². The molecular formula is C7H6N2. The first-order valence-corrected chi connectivity index (χ1v) is 2.84. The van der Waals surface area contributed by atoms with Crippen molar-refractivity contribution in [3.05, 3.63) is 12.2 Å². The minimum Gasteiger partial charge on any atom is -0.197 e. The largest absolute Gasteiger partial charge is 0.197 e. The van der Waals surface area contributed by atoms with Crippen molar-refractivity contribution in [2.75, 3.05) is 0 Å². The molecule has 1 aliphatic carbocycles. The van der Waals surface area contributed by atoms with Gasteiger partial charge in [0.05, 0.1) is 12.1 Å². The number of allylic oxidation sites excluding steroid dienone is 2. The van der Waals surface area contributed by atoms with Gasteiger partial charge in [-0.2, -0.15) is 10.5 Å². The number of nitriles is 2. The Morgan fingerprint density at radius 2 is 2.00 bits per heavy atom. The molecule has 0 fully saturated rings. The van der Waals surface area contributed by atoms with E-state index in [2.05, 4.69) is 0 Å². The molecule has 9 heavy (non-hydrogen) atoms. The Balaban J connectivity index is 2.53. The Labute approximate surface area is 54.0 Å². The summed E-state index contributed by atoms with van der Waals surface area (Å²) in [6, 6.07) is 3.88. The third kappa shape index (κ3) is 0.925. The van der Waals surface area contributed by atoms with E-state index >= 15 is 0 Å². The van der Waals surface area contributed by atoms with Gasteiger partial charge >= 0.3 is 0 Å². The van der Waals surface area contributed by atoms with E-state index in [9.17, 15) is 0 Å². The molecule has 0 heterocycles. The Morgan fingerprint density at radius 3 is 2.11 bits per heavy atom. The van der Waals surface area contributed by atoms with Crippen LogP contribution in [0.15, 0.2) is 12.2 Å². The zero-order valence-corrected chi connectivity index (χ0v) is 4.91. The molecule has 1 rings (SSSR count). The lowest BCUT2D eigenvalue weighted by atomic mass is 9.84. The van der Waals surface area contributed by atoms with Gasteiger partial charge in [0.25, 0.3) is 0 Å². The maximum Gasteiger partial charge on any atom is 0.139 e. The van der Waals surface area contributed by atoms with Crippen LogP contribution in [0.3, 0.4) is 0 Å². The summed E-state index contributed by atoms with van der Waals surface area (Å²) in [6.45, 7) is 0. The van der Waals surface area contributed by atoms with Crippen molar-refractivity contribution < 1.29 is 0 Å². The zero-order chi connectivity index (χ0) is 6.69. The van der Waals surface area contributed by atoms with Crippen molar-refractivity contribution in [1.82, 2.24) is 0 Å². The van der Waals surface area contributed by atoms with Crippen molar-refractivity contribution in [3.8, 4) is 12.1 Å². The van der Waals surface area contributed by atoms with Crippen LogP contribution in [0.1, 0.15) is 6.42 Å². The third-order valence-corrected chi connectivity index (χ3v) is 1.50. The predicted octanol–water partition coefficient (Wildman–Crippen LogP) is 1.23. The quantitative estimate of drug-likeness (QED) is 0.486. The maximum atomic E-state index is 8.36. The fourth-order valence-corrected chi connectivity index (χ4v) is 0.761. The minimum atomic E-state index is -0.421. The van der Waals surface area contributed by atoms with Gasteiger partial charge in [-0.05, 0) is 6.42 Å². The van der Waals surface area contributed by atoms with Crippen molar-refractivity contribution in [3.63, 3.8) is 0 Å². The maximum absolute atomic E-state index is 8.36. The lowest BCUT2D eigenvalue weighted by Gasteiger charge is -2.16. The van der Waals surface area contributed by atoms with Gasteiger partial charge in [-0.25, -0.2) is 0 Å². The van der Waals surface area contributed by atoms with Gasteiger partial charge in [-0.15, -0.1) is 0 Å². The summed E-state index contributed by atoms with van der Waals surface area (Å²) < 4.78 is 0. The summed E-state index contributed by atoms with van der Waals surface area (Å²) >= 11 is 0. The molecule has 0 radical (unpaired) electrons. The smallest absolute Gasteiger partial charge is 0.139 e. The summed E-state index contributed by atoms with van der Waals surface area (Å²) in [7, 11) is 0. The van der Waals surface area contributed by atoms with Gasteiger partial charge in [0.15, 0.2) is 0 Å². The molecule has 0 saturated heterocycles. The highest BCUT2D eigenvalue weighted by molar-refractivity contribution is 5.15. The molecule has 1 unspecified atom stereocenters. The third-order valence-electron chi connectivity index (χ3n) is 1.50. The molecule has 1 atom stereocenters. The molecule has 2 nitrogen and oxygen atoms in total. The van der Waals surface area contributed by atoms with Crippen LogP contribution in [-0.4, -0.2) is 0 Å². The molecule has 0 aromatic carbocycles. The van der Waals surface area contributed by atoms with Gasteiger partial charge in [-0.1, -0.05) is 12.2 Å². The van der Waals surface area contributed by atoms with Gasteiger partial charge < -0.3 is 0 Å². The molecule has 0 aliphatic heterocycles. The molecule has 0 N–H and O–H groups in total. The number of rotatable bonds is 1. The lowest BCUT2D eigenvalue weighted by Crippen LogP contribution is -2.12. The second-order valence-electron chi connectivity index (χ2n) is 2.06. The zero-order valence-electron chi connectivity index (χ0n) is 4.91. The molecule has 0 amide bonds. The van der Waals surface area contributed by atoms with Crippen LogP contribution in [0.25, 0.3) is 0 Å². The second-order valence-corrected chi connectivity index (χ2v) is 2.06. The molecule has 2 heteroatoms. The van der Waals surface area contributed by atoms with Crippen LogP contribution in [0, 0.1) is 34.5 Å². The van der Waals surface area contributed by atoms with E-state index < -0.39 is 5.92 Å². The number of hydrogen-bond donors (Lipinski definition) is 0. The molecule has 0 bridgehead atoms. The molecule has 0 saturated carbocycles. The fourth-order valence-electron chi connectivity index (χ4n) is 0.761. The van der Waals surface area contributed by atoms with E-state index in [1.165, 1.54) is 0 Å². The van der Waals surface area contributed by atoms with Crippen LogP contribution in [-0.2, 0) is 0 Å². The van der Waals surface area contributed by atoms with Gasteiger partial charge in [0.2, 0.25) is 0 Å². The van der Waals surface area contributed by atoms with E-state index in [4.69, 9.17) is 10.5 Å². The standard InChI is InChI=1S/C7H6N2/c8-4-7(5-9)6-2-1-3-6/h1-2,6-7H,3H2. The highest BCUT2D eigenvalue weighted by Crippen LogP contribution is 2.24. The number of hydrogen-bond acceptors (Lipinski definition) is 2. The van der Waals surface area contributed by atoms with Crippen LogP contribution in [0.4, 0.5) is 0 Å². The molecular weight excluding hydrogens is 112 g/mol. The Bertz CT molecular complexity index is 190. The van der Waals surface area contributed by atoms with Gasteiger partial charge in [0.1, 0.15) is 5.92 Å². The average molecular weight is 118 g/mol. The van der Waals surface area contributed by atoms with Crippen LogP contribution in [0.5, 0.6) is 0 Å². The van der Waals surface area contributed by atoms with Crippen LogP contribution < -0.4 is 0 Å². The lowest BCUT2D eigenvalue weighted by molar-refractivity contribution is 0.540. The summed E-state index contributed by atoms with van der Waals surface area (Å²) in [5.74, 6) is -0.213. The minimum absolute atomic E-state index is 0.208. The van der Waals surface area contributed by atoms with Crippen molar-refractivity contribution in [2.24, 2.45) is 11.8 Å². The van der Waals surface area contributed by atoms with Crippen molar-refractivity contribution in [1.29, 1.82) is 10.5 Å². The summed E-state index contributed by atoms with van der Waals surface area (Å²) in [6.07, 6.45) is 4.79. The Morgan fingerprint density at radius 1 is 1.44 bits per heavy atom. The van der Waals surface area contributed by atoms with E-state index in [1.807, 2.05) is 24.3 Å². The molecule has 1 aliphatic rings. The fraction of sp³-hybridized carbons (Fsp3) is 0.429. The Kier molecular flexibility index (Phi) is 1.51. The van der Waals surface area contributed by atoms with Crippen LogP contribution >= 0.6 is 0 Å². The molecule has 44 valence electrons.